The summed E-state index contributed by atoms with van der Waals surface area (Å²) in [7, 11) is 0. The molecule has 0 saturated heterocycles. The predicted molar refractivity (Wildman–Crippen MR) is 264 cm³/mol. The molecule has 6 nitrogen and oxygen atoms in total. The fourth-order valence-electron chi connectivity index (χ4n) is 8.96. The maximum absolute atomic E-state index is 13.2. The Morgan fingerprint density at radius 2 is 0.689 bits per heavy atom. The van der Waals surface area contributed by atoms with Crippen molar-refractivity contribution in [2.45, 2.75) is 334 Å². The van der Waals surface area contributed by atoms with Gasteiger partial charge in [-0.2, -0.15) is 0 Å². The van der Waals surface area contributed by atoms with Crippen molar-refractivity contribution in [2.24, 2.45) is 0 Å². The molecule has 0 saturated carbocycles. The first-order chi connectivity index (χ1) is 30.0. The number of carbonyl (C=O) groups is 2. The highest BCUT2D eigenvalue weighted by molar-refractivity contribution is 5.77. The second-order valence-corrected chi connectivity index (χ2v) is 19.4. The molecule has 0 aromatic heterocycles. The fourth-order valence-corrected chi connectivity index (χ4v) is 8.96. The Labute approximate surface area is 381 Å². The van der Waals surface area contributed by atoms with Crippen LogP contribution in [0.5, 0.6) is 0 Å². The number of carbonyl (C=O) groups excluding carboxylic acids is 2. The van der Waals surface area contributed by atoms with Crippen LogP contribution in [0.4, 0.5) is 0 Å². The Morgan fingerprint density at radius 3 is 1.00 bits per heavy atom. The second-order valence-electron chi connectivity index (χ2n) is 19.4. The van der Waals surface area contributed by atoms with Crippen LogP contribution in [0.15, 0.2) is 0 Å². The van der Waals surface area contributed by atoms with Gasteiger partial charge in [-0.25, -0.2) is 0 Å². The summed E-state index contributed by atoms with van der Waals surface area (Å²) >= 11 is 0. The van der Waals surface area contributed by atoms with Crippen molar-refractivity contribution >= 4 is 11.9 Å². The Kier molecular flexibility index (Phi) is 48.9. The fraction of sp³-hybridized carbons (Fsp3) is 0.964. The standard InChI is InChI=1S/C55H109NO5/c1-4-7-10-13-16-19-22-25-28-31-34-37-40-43-46-51(61-55(60)48-45-42-39-36-33-30-27-24-21-18-15-12-9-6-3)49-54(59)56-52(50-57)53(58)47-44-41-38-35-32-29-26-23-20-17-14-11-8-5-2/h51-53,57-58H,4-50H2,1-3H3,(H,56,59). The first-order valence-corrected chi connectivity index (χ1v) is 27.8. The maximum atomic E-state index is 13.2. The lowest BCUT2D eigenvalue weighted by molar-refractivity contribution is -0.151. The number of rotatable bonds is 51. The third-order valence-electron chi connectivity index (χ3n) is 13.2. The normalized spacial score (nSPS) is 13.1. The van der Waals surface area contributed by atoms with Gasteiger partial charge < -0.3 is 20.3 Å². The van der Waals surface area contributed by atoms with Gasteiger partial charge in [0.2, 0.25) is 5.91 Å². The predicted octanol–water partition coefficient (Wildman–Crippen LogP) is 16.7. The molecule has 0 aliphatic rings. The zero-order valence-corrected chi connectivity index (χ0v) is 41.6. The van der Waals surface area contributed by atoms with E-state index in [2.05, 4.69) is 26.1 Å². The summed E-state index contributed by atoms with van der Waals surface area (Å²) in [6.07, 6.45) is 54.5. The molecule has 0 aliphatic heterocycles. The number of esters is 1. The Morgan fingerprint density at radius 1 is 0.410 bits per heavy atom. The Balaban J connectivity index is 4.49. The van der Waals surface area contributed by atoms with Crippen LogP contribution in [0, 0.1) is 0 Å². The maximum Gasteiger partial charge on any atom is 0.306 e. The molecule has 3 N–H and O–H groups in total. The number of hydrogen-bond acceptors (Lipinski definition) is 5. The molecule has 0 aromatic rings. The van der Waals surface area contributed by atoms with E-state index in [1.54, 1.807) is 0 Å². The average molecular weight is 864 g/mol. The van der Waals surface area contributed by atoms with E-state index in [-0.39, 0.29) is 24.9 Å². The van der Waals surface area contributed by atoms with Crippen LogP contribution < -0.4 is 5.32 Å². The van der Waals surface area contributed by atoms with E-state index in [9.17, 15) is 19.8 Å². The van der Waals surface area contributed by atoms with Gasteiger partial charge in [0, 0.05) is 6.42 Å². The molecule has 364 valence electrons. The van der Waals surface area contributed by atoms with Gasteiger partial charge in [-0.3, -0.25) is 9.59 Å². The van der Waals surface area contributed by atoms with Crippen LogP contribution in [0.3, 0.4) is 0 Å². The van der Waals surface area contributed by atoms with Crippen LogP contribution in [-0.2, 0) is 14.3 Å². The van der Waals surface area contributed by atoms with Crippen LogP contribution in [0.25, 0.3) is 0 Å². The largest absolute Gasteiger partial charge is 0.462 e. The van der Waals surface area contributed by atoms with Gasteiger partial charge in [0.05, 0.1) is 25.2 Å². The highest BCUT2D eigenvalue weighted by Crippen LogP contribution is 2.19. The SMILES string of the molecule is CCCCCCCCCCCCCCCCC(=O)OC(CCCCCCCCCCCCCCCC)CC(=O)NC(CO)C(O)CCCCCCCCCCCCCCCC. The monoisotopic (exact) mass is 864 g/mol. The topological polar surface area (TPSA) is 95.9 Å². The summed E-state index contributed by atoms with van der Waals surface area (Å²) in [5.41, 5.74) is 0. The van der Waals surface area contributed by atoms with E-state index in [0.717, 1.165) is 38.5 Å². The summed E-state index contributed by atoms with van der Waals surface area (Å²) < 4.78 is 5.96. The smallest absolute Gasteiger partial charge is 0.306 e. The highest BCUT2D eigenvalue weighted by Gasteiger charge is 2.24. The van der Waals surface area contributed by atoms with E-state index in [1.165, 1.54) is 231 Å². The number of ether oxygens (including phenoxy) is 1. The van der Waals surface area contributed by atoms with Crippen molar-refractivity contribution < 1.29 is 24.5 Å². The number of aliphatic hydroxyl groups excluding tert-OH is 2. The first-order valence-electron chi connectivity index (χ1n) is 27.8. The van der Waals surface area contributed by atoms with E-state index >= 15 is 0 Å². The molecular formula is C55H109NO5. The van der Waals surface area contributed by atoms with Crippen LogP contribution in [-0.4, -0.2) is 46.9 Å². The van der Waals surface area contributed by atoms with E-state index in [0.29, 0.717) is 19.3 Å². The second kappa shape index (κ2) is 49.9. The molecule has 0 aromatic carbocycles. The molecule has 0 rings (SSSR count). The number of hydrogen-bond donors (Lipinski definition) is 3. The van der Waals surface area contributed by atoms with Gasteiger partial charge in [-0.05, 0) is 25.7 Å². The summed E-state index contributed by atoms with van der Waals surface area (Å²) in [6.45, 7) is 6.53. The van der Waals surface area contributed by atoms with Crippen LogP contribution in [0.2, 0.25) is 0 Å². The molecule has 0 fully saturated rings. The van der Waals surface area contributed by atoms with E-state index < -0.39 is 18.2 Å². The molecule has 61 heavy (non-hydrogen) atoms. The lowest BCUT2D eigenvalue weighted by Gasteiger charge is -2.24. The van der Waals surface area contributed by atoms with Crippen molar-refractivity contribution in [3.63, 3.8) is 0 Å². The van der Waals surface area contributed by atoms with Crippen molar-refractivity contribution in [1.29, 1.82) is 0 Å². The lowest BCUT2D eigenvalue weighted by atomic mass is 10.0. The average Bonchev–Trinajstić information content (AvgIpc) is 3.25. The van der Waals surface area contributed by atoms with Crippen molar-refractivity contribution in [3.8, 4) is 0 Å². The Bertz CT molecular complexity index is 882. The quantitative estimate of drug-likeness (QED) is 0.0418. The third-order valence-corrected chi connectivity index (χ3v) is 13.2. The van der Waals surface area contributed by atoms with Gasteiger partial charge in [-0.1, -0.05) is 278 Å². The molecule has 0 spiro atoms. The van der Waals surface area contributed by atoms with E-state index in [1.807, 2.05) is 0 Å². The minimum absolute atomic E-state index is 0.0883. The minimum Gasteiger partial charge on any atom is -0.462 e. The summed E-state index contributed by atoms with van der Waals surface area (Å²) in [4.78, 5) is 26.2. The van der Waals surface area contributed by atoms with Crippen LogP contribution >= 0.6 is 0 Å². The van der Waals surface area contributed by atoms with E-state index in [4.69, 9.17) is 4.74 Å². The molecule has 6 heteroatoms. The number of amides is 1. The van der Waals surface area contributed by atoms with Gasteiger partial charge >= 0.3 is 5.97 Å². The lowest BCUT2D eigenvalue weighted by Crippen LogP contribution is -2.46. The van der Waals surface area contributed by atoms with Crippen molar-refractivity contribution in [1.82, 2.24) is 5.32 Å². The van der Waals surface area contributed by atoms with Gasteiger partial charge in [0.25, 0.3) is 0 Å². The molecule has 0 heterocycles. The van der Waals surface area contributed by atoms with Crippen molar-refractivity contribution in [3.05, 3.63) is 0 Å². The number of unbranched alkanes of at least 4 members (excludes halogenated alkanes) is 39. The van der Waals surface area contributed by atoms with Crippen molar-refractivity contribution in [2.75, 3.05) is 6.61 Å². The van der Waals surface area contributed by atoms with Crippen LogP contribution in [0.1, 0.15) is 316 Å². The molecular weight excluding hydrogens is 755 g/mol. The highest BCUT2D eigenvalue weighted by atomic mass is 16.5. The summed E-state index contributed by atoms with van der Waals surface area (Å²) in [6, 6.07) is -0.692. The summed E-state index contributed by atoms with van der Waals surface area (Å²) in [5.74, 6) is -0.447. The van der Waals surface area contributed by atoms with Gasteiger partial charge in [0.15, 0.2) is 0 Å². The van der Waals surface area contributed by atoms with Gasteiger partial charge in [-0.15, -0.1) is 0 Å². The molecule has 3 atom stereocenters. The molecule has 1 amide bonds. The zero-order chi connectivity index (χ0) is 44.5. The van der Waals surface area contributed by atoms with Gasteiger partial charge in [0.1, 0.15) is 6.10 Å². The third kappa shape index (κ3) is 45.2. The zero-order valence-electron chi connectivity index (χ0n) is 41.6. The molecule has 0 aliphatic carbocycles. The molecule has 0 bridgehead atoms. The summed E-state index contributed by atoms with van der Waals surface area (Å²) in [5, 5.41) is 23.8. The number of aliphatic hydroxyl groups is 2. The molecule has 0 radical (unpaired) electrons. The minimum atomic E-state index is -0.779. The number of nitrogens with one attached hydrogen (secondary N) is 1. The Hall–Kier alpha value is -1.14. The molecule has 3 unspecified atom stereocenters. The first kappa shape index (κ1) is 59.9.